The first kappa shape index (κ1) is 18.9. The van der Waals surface area contributed by atoms with E-state index >= 15 is 0 Å². The second-order valence-electron chi connectivity index (χ2n) is 5.25. The van der Waals surface area contributed by atoms with Crippen LogP contribution in [0.2, 0.25) is 5.02 Å². The Morgan fingerprint density at radius 3 is 2.50 bits per heavy atom. The maximum absolute atomic E-state index is 12.2. The van der Waals surface area contributed by atoms with Crippen molar-refractivity contribution in [2.45, 2.75) is 37.8 Å². The van der Waals surface area contributed by atoms with Crippen molar-refractivity contribution in [2.24, 2.45) is 0 Å². The zero-order valence-corrected chi connectivity index (χ0v) is 14.6. The molecule has 0 aliphatic rings. The predicted octanol–water partition coefficient (Wildman–Crippen LogP) is 1.79. The first-order valence-electron chi connectivity index (χ1n) is 6.79. The predicted molar refractivity (Wildman–Crippen MR) is 85.7 cm³/mol. The Labute approximate surface area is 136 Å². The quantitative estimate of drug-likeness (QED) is 0.786. The van der Waals surface area contributed by atoms with Crippen molar-refractivity contribution in [1.82, 2.24) is 10.0 Å². The van der Waals surface area contributed by atoms with Gasteiger partial charge in [-0.15, -0.1) is 0 Å². The molecular weight excluding hydrogens is 328 g/mol. The molecule has 0 spiro atoms. The minimum absolute atomic E-state index is 0.00450. The van der Waals surface area contributed by atoms with E-state index in [-0.39, 0.29) is 27.6 Å². The Balaban J connectivity index is 3.07. The third-order valence-electron chi connectivity index (χ3n) is 2.68. The summed E-state index contributed by atoms with van der Waals surface area (Å²) in [6, 6.07) is 3.55. The van der Waals surface area contributed by atoms with Crippen LogP contribution < -0.4 is 10.0 Å². The number of sulfonamides is 1. The molecular formula is C14H21ClN2O4S. The van der Waals surface area contributed by atoms with Gasteiger partial charge in [-0.25, -0.2) is 13.1 Å². The molecule has 1 rings (SSSR count). The summed E-state index contributed by atoms with van der Waals surface area (Å²) in [4.78, 5) is 12.2. The highest BCUT2D eigenvalue weighted by atomic mass is 35.5. The summed E-state index contributed by atoms with van der Waals surface area (Å²) in [5.74, 6) is -0.448. The van der Waals surface area contributed by atoms with E-state index in [0.717, 1.165) is 0 Å². The molecule has 1 amide bonds. The van der Waals surface area contributed by atoms with Gasteiger partial charge in [0.15, 0.2) is 0 Å². The molecule has 1 aromatic carbocycles. The van der Waals surface area contributed by atoms with E-state index in [2.05, 4.69) is 10.0 Å². The van der Waals surface area contributed by atoms with Gasteiger partial charge in [-0.1, -0.05) is 11.6 Å². The van der Waals surface area contributed by atoms with Gasteiger partial charge in [-0.2, -0.15) is 0 Å². The third-order valence-corrected chi connectivity index (χ3v) is 4.66. The molecule has 124 valence electrons. The SMILES string of the molecule is COCC(C)NC(=O)c1cc(S(=O)(=O)NC(C)C)ccc1Cl. The minimum Gasteiger partial charge on any atom is -0.383 e. The molecule has 0 aromatic heterocycles. The summed E-state index contributed by atoms with van der Waals surface area (Å²) in [7, 11) is -2.16. The molecule has 1 aromatic rings. The second kappa shape index (κ2) is 7.92. The van der Waals surface area contributed by atoms with E-state index in [1.807, 2.05) is 0 Å². The molecule has 0 bridgehead atoms. The number of hydrogen-bond acceptors (Lipinski definition) is 4. The monoisotopic (exact) mass is 348 g/mol. The van der Waals surface area contributed by atoms with Crippen LogP contribution in [0.1, 0.15) is 31.1 Å². The Morgan fingerprint density at radius 1 is 1.32 bits per heavy atom. The number of hydrogen-bond donors (Lipinski definition) is 2. The summed E-state index contributed by atoms with van der Waals surface area (Å²) >= 11 is 6.00. The number of rotatable bonds is 7. The highest BCUT2D eigenvalue weighted by Gasteiger charge is 2.20. The lowest BCUT2D eigenvalue weighted by atomic mass is 10.2. The van der Waals surface area contributed by atoms with Crippen molar-refractivity contribution in [3.05, 3.63) is 28.8 Å². The Morgan fingerprint density at radius 2 is 1.95 bits per heavy atom. The molecule has 22 heavy (non-hydrogen) atoms. The normalized spacial score (nSPS) is 13.2. The lowest BCUT2D eigenvalue weighted by Gasteiger charge is -2.15. The van der Waals surface area contributed by atoms with Crippen molar-refractivity contribution < 1.29 is 17.9 Å². The standard InChI is InChI=1S/C14H21ClN2O4S/c1-9(2)17-22(19,20)11-5-6-13(15)12(7-11)14(18)16-10(3)8-21-4/h5-7,9-10,17H,8H2,1-4H3,(H,16,18). The van der Waals surface area contributed by atoms with Gasteiger partial charge in [0, 0.05) is 19.2 Å². The smallest absolute Gasteiger partial charge is 0.253 e. The molecule has 2 N–H and O–H groups in total. The number of carbonyl (C=O) groups is 1. The van der Waals surface area contributed by atoms with E-state index in [4.69, 9.17) is 16.3 Å². The summed E-state index contributed by atoms with van der Waals surface area (Å²) < 4.78 is 31.7. The van der Waals surface area contributed by atoms with Crippen LogP contribution in [-0.2, 0) is 14.8 Å². The number of ether oxygens (including phenoxy) is 1. The molecule has 1 unspecified atom stereocenters. The first-order valence-corrected chi connectivity index (χ1v) is 8.65. The van der Waals surface area contributed by atoms with Crippen molar-refractivity contribution in [3.8, 4) is 0 Å². The van der Waals surface area contributed by atoms with Crippen molar-refractivity contribution >= 4 is 27.5 Å². The molecule has 0 radical (unpaired) electrons. The van der Waals surface area contributed by atoms with E-state index < -0.39 is 15.9 Å². The summed E-state index contributed by atoms with van der Waals surface area (Å²) in [5.41, 5.74) is 0.108. The van der Waals surface area contributed by atoms with E-state index in [9.17, 15) is 13.2 Å². The lowest BCUT2D eigenvalue weighted by molar-refractivity contribution is 0.0905. The largest absolute Gasteiger partial charge is 0.383 e. The molecule has 0 aliphatic heterocycles. The van der Waals surface area contributed by atoms with Crippen molar-refractivity contribution in [2.75, 3.05) is 13.7 Å². The van der Waals surface area contributed by atoms with Crippen molar-refractivity contribution in [3.63, 3.8) is 0 Å². The van der Waals surface area contributed by atoms with Crippen LogP contribution >= 0.6 is 11.6 Å². The van der Waals surface area contributed by atoms with Crippen LogP contribution in [0.5, 0.6) is 0 Å². The van der Waals surface area contributed by atoms with Crippen LogP contribution in [0.3, 0.4) is 0 Å². The number of carbonyl (C=O) groups excluding carboxylic acids is 1. The number of nitrogens with one attached hydrogen (secondary N) is 2. The molecule has 0 fully saturated rings. The second-order valence-corrected chi connectivity index (χ2v) is 7.37. The highest BCUT2D eigenvalue weighted by molar-refractivity contribution is 7.89. The third kappa shape index (κ3) is 5.24. The lowest BCUT2D eigenvalue weighted by Crippen LogP contribution is -2.36. The zero-order valence-electron chi connectivity index (χ0n) is 13.0. The molecule has 0 saturated heterocycles. The molecule has 0 heterocycles. The molecule has 6 nitrogen and oxygen atoms in total. The summed E-state index contributed by atoms with van der Waals surface area (Å²) in [6.45, 7) is 5.55. The summed E-state index contributed by atoms with van der Waals surface area (Å²) in [6.07, 6.45) is 0. The van der Waals surface area contributed by atoms with Crippen LogP contribution in [-0.4, -0.2) is 40.1 Å². The van der Waals surface area contributed by atoms with Crippen molar-refractivity contribution in [1.29, 1.82) is 0 Å². The fourth-order valence-corrected chi connectivity index (χ4v) is 3.30. The van der Waals surface area contributed by atoms with E-state index in [0.29, 0.717) is 6.61 Å². The van der Waals surface area contributed by atoms with Crippen LogP contribution in [0, 0.1) is 0 Å². The number of amides is 1. The maximum atomic E-state index is 12.2. The molecule has 0 aliphatic carbocycles. The van der Waals surface area contributed by atoms with Gasteiger partial charge in [0.1, 0.15) is 0 Å². The van der Waals surface area contributed by atoms with Gasteiger partial charge in [-0.05, 0) is 39.0 Å². The fourth-order valence-electron chi connectivity index (χ4n) is 1.82. The molecule has 8 heteroatoms. The van der Waals surface area contributed by atoms with E-state index in [1.54, 1.807) is 20.8 Å². The van der Waals surface area contributed by atoms with Gasteiger partial charge >= 0.3 is 0 Å². The average molecular weight is 349 g/mol. The maximum Gasteiger partial charge on any atom is 0.253 e. The van der Waals surface area contributed by atoms with Crippen LogP contribution in [0.4, 0.5) is 0 Å². The van der Waals surface area contributed by atoms with E-state index in [1.165, 1.54) is 25.3 Å². The van der Waals surface area contributed by atoms with Gasteiger partial charge in [0.2, 0.25) is 10.0 Å². The Hall–Kier alpha value is -1.15. The van der Waals surface area contributed by atoms with Gasteiger partial charge in [0.05, 0.1) is 22.1 Å². The summed E-state index contributed by atoms with van der Waals surface area (Å²) in [5, 5.41) is 2.88. The average Bonchev–Trinajstić information content (AvgIpc) is 2.37. The fraction of sp³-hybridized carbons (Fsp3) is 0.500. The van der Waals surface area contributed by atoms with Gasteiger partial charge < -0.3 is 10.1 Å². The van der Waals surface area contributed by atoms with Gasteiger partial charge in [-0.3, -0.25) is 4.79 Å². The zero-order chi connectivity index (χ0) is 16.9. The first-order chi connectivity index (χ1) is 10.2. The minimum atomic E-state index is -3.68. The number of methoxy groups -OCH3 is 1. The Bertz CT molecular complexity index is 632. The van der Waals surface area contributed by atoms with Crippen LogP contribution in [0.25, 0.3) is 0 Å². The number of benzene rings is 1. The number of halogens is 1. The highest BCUT2D eigenvalue weighted by Crippen LogP contribution is 2.21. The van der Waals surface area contributed by atoms with Gasteiger partial charge in [0.25, 0.3) is 5.91 Å². The molecule has 1 atom stereocenters. The topological polar surface area (TPSA) is 84.5 Å². The molecule has 0 saturated carbocycles. The van der Waals surface area contributed by atoms with Crippen LogP contribution in [0.15, 0.2) is 23.1 Å². The Kier molecular flexibility index (Phi) is 6.80.